The van der Waals surface area contributed by atoms with Crippen molar-refractivity contribution in [1.82, 2.24) is 19.5 Å². The number of hydrogen-bond acceptors (Lipinski definition) is 15. The molecule has 0 saturated carbocycles. The second kappa shape index (κ2) is 17.6. The van der Waals surface area contributed by atoms with Gasteiger partial charge < -0.3 is 38.1 Å². The number of aromatic nitrogens is 4. The highest BCUT2D eigenvalue weighted by Crippen LogP contribution is 2.49. The van der Waals surface area contributed by atoms with Crippen molar-refractivity contribution in [2.24, 2.45) is 29.6 Å². The Hall–Kier alpha value is -3.44. The summed E-state index contributed by atoms with van der Waals surface area (Å²) in [5.41, 5.74) is -0.453. The highest BCUT2D eigenvalue weighted by molar-refractivity contribution is 8.00. The summed E-state index contributed by atoms with van der Waals surface area (Å²) in [7, 11) is 1.50. The number of aliphatic hydroxyl groups excluding tert-OH is 1. The molecule has 0 aromatic carbocycles. The fourth-order valence-corrected chi connectivity index (χ4v) is 10.2. The molecule has 14 atom stereocenters. The van der Waals surface area contributed by atoms with Gasteiger partial charge in [0.15, 0.2) is 23.6 Å². The van der Waals surface area contributed by atoms with E-state index in [9.17, 15) is 24.3 Å². The van der Waals surface area contributed by atoms with Crippen LogP contribution < -0.4 is 0 Å². The summed E-state index contributed by atoms with van der Waals surface area (Å²) >= 11 is 1.38. The molecule has 3 aliphatic rings. The lowest BCUT2D eigenvalue weighted by Crippen LogP contribution is -2.57. The minimum atomic E-state index is -1.36. The van der Waals surface area contributed by atoms with Gasteiger partial charge in [0.1, 0.15) is 29.0 Å². The van der Waals surface area contributed by atoms with Gasteiger partial charge in [0.05, 0.1) is 41.9 Å². The molecule has 15 nitrogen and oxygen atoms in total. The third kappa shape index (κ3) is 8.69. The number of aliphatic hydroxyl groups is 1. The van der Waals surface area contributed by atoms with Crippen LogP contribution >= 0.6 is 11.8 Å². The predicted octanol–water partition coefficient (Wildman–Crippen LogP) is 4.39. The van der Waals surface area contributed by atoms with Gasteiger partial charge in [0, 0.05) is 50.0 Å². The lowest BCUT2D eigenvalue weighted by molar-refractivity contribution is -0.274. The molecule has 56 heavy (non-hydrogen) atoms. The second-order valence-electron chi connectivity index (χ2n) is 16.0. The Morgan fingerprint density at radius 2 is 1.77 bits per heavy atom. The first kappa shape index (κ1) is 43.7. The molecule has 1 N–H and O–H groups in total. The van der Waals surface area contributed by atoms with E-state index in [1.807, 2.05) is 32.3 Å². The van der Waals surface area contributed by atoms with Crippen LogP contribution in [-0.4, -0.2) is 114 Å². The van der Waals surface area contributed by atoms with Crippen molar-refractivity contribution in [3.8, 4) is 0 Å². The number of rotatable bonds is 9. The topological polar surface area (TPSA) is 187 Å². The van der Waals surface area contributed by atoms with E-state index < -0.39 is 94.7 Å². The molecule has 0 bridgehead atoms. The molecular formula is C40H58N4O11S. The number of ketones is 1. The van der Waals surface area contributed by atoms with Crippen LogP contribution in [0.3, 0.4) is 0 Å². The van der Waals surface area contributed by atoms with Gasteiger partial charge in [-0.2, -0.15) is 0 Å². The van der Waals surface area contributed by atoms with Gasteiger partial charge in [-0.1, -0.05) is 33.8 Å². The van der Waals surface area contributed by atoms with Crippen molar-refractivity contribution in [2.75, 3.05) is 12.9 Å². The van der Waals surface area contributed by atoms with Crippen LogP contribution in [-0.2, 0) is 54.1 Å². The average molecular weight is 803 g/mol. The van der Waals surface area contributed by atoms with Crippen molar-refractivity contribution < 1.29 is 52.7 Å². The zero-order valence-corrected chi connectivity index (χ0v) is 35.1. The van der Waals surface area contributed by atoms with Crippen molar-refractivity contribution in [3.05, 3.63) is 30.5 Å². The number of carbonyl (C=O) groups excluding carboxylic acids is 4. The average Bonchev–Trinajstić information content (AvgIpc) is 3.69. The van der Waals surface area contributed by atoms with Gasteiger partial charge >= 0.3 is 17.9 Å². The van der Waals surface area contributed by atoms with Crippen molar-refractivity contribution >= 4 is 46.6 Å². The molecule has 2 fully saturated rings. The number of aryl methyl sites for hydroxylation is 2. The number of cyclic esters (lactones) is 1. The molecule has 16 heteroatoms. The number of nitrogens with zero attached hydrogens (tertiary/aromatic N) is 4. The summed E-state index contributed by atoms with van der Waals surface area (Å²) in [5.74, 6) is -5.26. The first-order valence-corrected chi connectivity index (χ1v) is 20.5. The van der Waals surface area contributed by atoms with Gasteiger partial charge in [-0.15, -0.1) is 11.8 Å². The molecule has 1 unspecified atom stereocenters. The molecule has 310 valence electrons. The summed E-state index contributed by atoms with van der Waals surface area (Å²) < 4.78 is 38.7. The van der Waals surface area contributed by atoms with E-state index in [0.717, 1.165) is 5.69 Å². The zero-order chi connectivity index (χ0) is 41.3. The lowest BCUT2D eigenvalue weighted by Gasteiger charge is -2.46. The smallest absolute Gasteiger partial charge is 0.320 e. The molecular weight excluding hydrogens is 745 g/mol. The number of hydrogen-bond donors (Lipinski definition) is 1. The van der Waals surface area contributed by atoms with Crippen LogP contribution in [0.5, 0.6) is 0 Å². The van der Waals surface area contributed by atoms with E-state index in [1.54, 1.807) is 53.1 Å². The Labute approximate surface area is 333 Å². The Morgan fingerprint density at radius 3 is 2.43 bits per heavy atom. The number of methoxy groups -OCH3 is 1. The van der Waals surface area contributed by atoms with E-state index >= 15 is 0 Å². The van der Waals surface area contributed by atoms with E-state index in [1.165, 1.54) is 32.1 Å². The van der Waals surface area contributed by atoms with E-state index in [4.69, 9.17) is 28.4 Å². The molecule has 5 rings (SSSR count). The second-order valence-corrected chi connectivity index (χ2v) is 17.3. The Balaban J connectivity index is 1.50. The molecule has 3 aliphatic heterocycles. The number of ether oxygens (including phenoxy) is 6. The van der Waals surface area contributed by atoms with Crippen molar-refractivity contribution in [2.45, 2.75) is 142 Å². The van der Waals surface area contributed by atoms with Gasteiger partial charge in [-0.05, 0) is 53.5 Å². The molecule has 2 aromatic heterocycles. The normalized spacial score (nSPS) is 38.5. The summed E-state index contributed by atoms with van der Waals surface area (Å²) in [6, 6.07) is 0. The summed E-state index contributed by atoms with van der Waals surface area (Å²) in [4.78, 5) is 67.7. The maximum Gasteiger partial charge on any atom is 0.320 e. The fourth-order valence-electron chi connectivity index (χ4n) is 8.77. The molecule has 5 heterocycles. The maximum absolute atomic E-state index is 14.7. The molecule has 0 amide bonds. The summed E-state index contributed by atoms with van der Waals surface area (Å²) in [5, 5.41) is 11.1. The Morgan fingerprint density at radius 1 is 1.05 bits per heavy atom. The van der Waals surface area contributed by atoms with E-state index in [0.29, 0.717) is 23.5 Å². The van der Waals surface area contributed by atoms with Gasteiger partial charge in [-0.3, -0.25) is 19.2 Å². The third-order valence-corrected chi connectivity index (χ3v) is 13.2. The Bertz CT molecular complexity index is 1790. The summed E-state index contributed by atoms with van der Waals surface area (Å²) in [6.07, 6.45) is 1.48. The SMILES string of the molecule is CC[C@H]1OC(=O)[C@H](C)[C@@H](O)[C@H](C)[C@@H](O[C@@H]2O[C@H](C)C=C[C@H]2OC(C)=O)[C@](C)(OC)C[C@@H](C)C(=O)[C@H](C)[C@H]2C(SCCn3cnc4c(C)ncnc43)C(=O)O[C@@]21C. The number of Topliss-reactive ketones (excluding diaryl/α,β-unsaturated/α-hetero) is 1. The molecule has 0 aliphatic carbocycles. The highest BCUT2D eigenvalue weighted by atomic mass is 32.2. The monoisotopic (exact) mass is 802 g/mol. The predicted molar refractivity (Wildman–Crippen MR) is 206 cm³/mol. The molecule has 2 aromatic rings. The lowest BCUT2D eigenvalue weighted by atomic mass is 9.70. The minimum Gasteiger partial charge on any atom is -0.458 e. The molecule has 0 spiro atoms. The number of imidazole rings is 1. The van der Waals surface area contributed by atoms with Crippen LogP contribution in [0.2, 0.25) is 0 Å². The number of fused-ring (bicyclic) bond motifs is 2. The van der Waals surface area contributed by atoms with E-state index in [-0.39, 0.29) is 24.7 Å². The maximum atomic E-state index is 14.7. The van der Waals surface area contributed by atoms with Crippen LogP contribution in [0.1, 0.15) is 80.8 Å². The minimum absolute atomic E-state index is 0.136. The van der Waals surface area contributed by atoms with Gasteiger partial charge in [0.2, 0.25) is 0 Å². The van der Waals surface area contributed by atoms with Gasteiger partial charge in [-0.25, -0.2) is 15.0 Å². The fraction of sp³-hybridized carbons (Fsp3) is 0.725. The molecule has 0 radical (unpaired) electrons. The Kier molecular flexibility index (Phi) is 13.7. The van der Waals surface area contributed by atoms with E-state index in [2.05, 4.69) is 15.0 Å². The number of carbonyl (C=O) groups is 4. The first-order chi connectivity index (χ1) is 26.4. The van der Waals surface area contributed by atoms with Crippen LogP contribution in [0.4, 0.5) is 0 Å². The van der Waals surface area contributed by atoms with Gasteiger partial charge in [0.25, 0.3) is 0 Å². The van der Waals surface area contributed by atoms with Crippen LogP contribution in [0, 0.1) is 36.5 Å². The van der Waals surface area contributed by atoms with Crippen molar-refractivity contribution in [1.29, 1.82) is 0 Å². The van der Waals surface area contributed by atoms with Crippen LogP contribution in [0.25, 0.3) is 11.2 Å². The highest BCUT2D eigenvalue weighted by Gasteiger charge is 2.61. The standard InChI is InChI=1S/C40H58N4O11S/c1-12-28-40(10)29(33(37(49)55-40)56-16-15-44-19-43-30-25(7)41-18-42-35(30)44)22(4)31(46)20(2)17-39(9,50-11)34(23(5)32(47)24(6)36(48)53-28)54-38-27(52-26(8)45)14-13-21(3)51-38/h13-14,18-24,27-29,32-34,38,47H,12,15-17H2,1-11H3/t20-,21-,22-,23+,24-,27-,28-,29+,32+,33?,34-,38+,39-,40-/m1/s1. The number of thioether (sulfide) groups is 1. The third-order valence-electron chi connectivity index (χ3n) is 11.9. The van der Waals surface area contributed by atoms with Crippen LogP contribution in [0.15, 0.2) is 24.8 Å². The van der Waals surface area contributed by atoms with Crippen molar-refractivity contribution in [3.63, 3.8) is 0 Å². The first-order valence-electron chi connectivity index (χ1n) is 19.5. The quantitative estimate of drug-likeness (QED) is 0.214. The molecule has 2 saturated heterocycles. The number of esters is 3. The zero-order valence-electron chi connectivity index (χ0n) is 34.3. The summed E-state index contributed by atoms with van der Waals surface area (Å²) in [6.45, 7) is 17.7. The largest absolute Gasteiger partial charge is 0.458 e.